The third-order valence-corrected chi connectivity index (χ3v) is 7.57. The minimum Gasteiger partial charge on any atom is -0.493 e. The molecular weight excluding hydrogens is 462 g/mol. The van der Waals surface area contributed by atoms with E-state index in [2.05, 4.69) is 42.7 Å². The summed E-state index contributed by atoms with van der Waals surface area (Å²) in [5.74, 6) is 3.27. The lowest BCUT2D eigenvalue weighted by Crippen LogP contribution is -2.44. The number of hydrogen-bond acceptors (Lipinski definition) is 4. The van der Waals surface area contributed by atoms with E-state index in [0.717, 1.165) is 73.6 Å². The maximum Gasteiger partial charge on any atom is 0.213 e. The number of aromatic nitrogens is 1. The number of unbranched alkanes of at least 4 members (excludes halogenated alkanes) is 6. The van der Waals surface area contributed by atoms with Gasteiger partial charge in [-0.3, -0.25) is 0 Å². The Balaban J connectivity index is 1.70. The first-order chi connectivity index (χ1) is 18.2. The molecule has 3 aromatic rings. The molecule has 0 N–H and O–H groups in total. The molecule has 0 fully saturated rings. The lowest BCUT2D eigenvalue weighted by Gasteiger charge is -2.22. The molecule has 5 heteroatoms. The zero-order valence-corrected chi connectivity index (χ0v) is 23.5. The third-order valence-electron chi connectivity index (χ3n) is 7.57. The van der Waals surface area contributed by atoms with Gasteiger partial charge in [-0.25, -0.2) is 0 Å². The quantitative estimate of drug-likeness (QED) is 0.168. The van der Waals surface area contributed by atoms with E-state index in [1.165, 1.54) is 60.0 Å². The number of hydrogen-bond donors (Lipinski definition) is 0. The van der Waals surface area contributed by atoms with Gasteiger partial charge in [-0.2, -0.15) is 4.57 Å². The van der Waals surface area contributed by atoms with E-state index in [1.54, 1.807) is 21.3 Å². The highest BCUT2D eigenvalue weighted by atomic mass is 16.5. The summed E-state index contributed by atoms with van der Waals surface area (Å²) in [5.41, 5.74) is 5.09. The molecular formula is C32H44NO4+. The second kappa shape index (κ2) is 13.0. The number of fused-ring (bicyclic) bond motifs is 4. The average Bonchev–Trinajstić information content (AvgIpc) is 2.93. The number of rotatable bonds is 14. The SMILES string of the molecule is CCCCCCCCOc1cc2c(cc1OC)-c1cc3ccc(OC)c(OC)c3c(CCCC)[n+]1CC2. The van der Waals surface area contributed by atoms with Crippen LogP contribution in [-0.4, -0.2) is 27.9 Å². The van der Waals surface area contributed by atoms with Crippen LogP contribution in [0.2, 0.25) is 0 Å². The molecule has 2 heterocycles. The van der Waals surface area contributed by atoms with Gasteiger partial charge >= 0.3 is 0 Å². The summed E-state index contributed by atoms with van der Waals surface area (Å²) in [4.78, 5) is 0. The van der Waals surface area contributed by atoms with Gasteiger partial charge in [-0.05, 0) is 48.1 Å². The Hall–Kier alpha value is -2.95. The standard InChI is InChI=1S/C32H44NO4/c1-6-8-10-11-12-13-19-37-30-21-23-17-18-33-26(14-9-7-2)31-24(15-16-28(34-3)32(31)36-5)20-27(33)25(23)22-29(30)35-4/h15-16,20-22H,6-14,17-19H2,1-5H3/q+1. The molecule has 200 valence electrons. The zero-order chi connectivity index (χ0) is 26.2. The number of ether oxygens (including phenoxy) is 4. The van der Waals surface area contributed by atoms with Crippen molar-refractivity contribution in [3.63, 3.8) is 0 Å². The van der Waals surface area contributed by atoms with Gasteiger partial charge in [0, 0.05) is 18.9 Å². The fraction of sp³-hybridized carbons (Fsp3) is 0.531. The monoisotopic (exact) mass is 506 g/mol. The normalized spacial score (nSPS) is 12.2. The van der Waals surface area contributed by atoms with Crippen LogP contribution >= 0.6 is 0 Å². The van der Waals surface area contributed by atoms with Gasteiger partial charge in [0.25, 0.3) is 0 Å². The molecule has 0 unspecified atom stereocenters. The van der Waals surface area contributed by atoms with E-state index < -0.39 is 0 Å². The first-order valence-corrected chi connectivity index (χ1v) is 14.1. The second-order valence-corrected chi connectivity index (χ2v) is 10.0. The summed E-state index contributed by atoms with van der Waals surface area (Å²) in [6.07, 6.45) is 11.7. The lowest BCUT2D eigenvalue weighted by molar-refractivity contribution is -0.693. The average molecular weight is 507 g/mol. The van der Waals surface area contributed by atoms with E-state index >= 15 is 0 Å². The van der Waals surface area contributed by atoms with Crippen molar-refractivity contribution in [2.24, 2.45) is 0 Å². The van der Waals surface area contributed by atoms with Gasteiger partial charge in [0.15, 0.2) is 35.2 Å². The van der Waals surface area contributed by atoms with Crippen molar-refractivity contribution in [1.29, 1.82) is 0 Å². The van der Waals surface area contributed by atoms with Gasteiger partial charge in [-0.15, -0.1) is 0 Å². The molecule has 0 amide bonds. The molecule has 4 rings (SSSR count). The summed E-state index contributed by atoms with van der Waals surface area (Å²) in [6.45, 7) is 6.17. The predicted octanol–water partition coefficient (Wildman–Crippen LogP) is 7.46. The number of aryl methyl sites for hydroxylation is 2. The van der Waals surface area contributed by atoms with Crippen LogP contribution in [0.3, 0.4) is 0 Å². The molecule has 0 saturated heterocycles. The first-order valence-electron chi connectivity index (χ1n) is 14.1. The van der Waals surface area contributed by atoms with E-state index in [-0.39, 0.29) is 0 Å². The number of nitrogens with zero attached hydrogens (tertiary/aromatic N) is 1. The molecule has 0 saturated carbocycles. The van der Waals surface area contributed by atoms with Gasteiger partial charge in [-0.1, -0.05) is 52.4 Å². The van der Waals surface area contributed by atoms with Crippen molar-refractivity contribution in [2.45, 2.75) is 84.6 Å². The van der Waals surface area contributed by atoms with Crippen molar-refractivity contribution in [2.75, 3.05) is 27.9 Å². The van der Waals surface area contributed by atoms with Crippen molar-refractivity contribution < 1.29 is 23.5 Å². The van der Waals surface area contributed by atoms with Crippen LogP contribution in [0.1, 0.15) is 76.5 Å². The Labute approximate surface area is 222 Å². The molecule has 0 bridgehead atoms. The van der Waals surface area contributed by atoms with Gasteiger partial charge in [0.05, 0.1) is 38.9 Å². The van der Waals surface area contributed by atoms with Gasteiger partial charge in [0.1, 0.15) is 0 Å². The van der Waals surface area contributed by atoms with Crippen LogP contribution in [0.15, 0.2) is 30.3 Å². The molecule has 1 aliphatic rings. The summed E-state index contributed by atoms with van der Waals surface area (Å²) in [5, 5.41) is 2.33. The Bertz CT molecular complexity index is 1200. The highest BCUT2D eigenvalue weighted by molar-refractivity contribution is 5.94. The minimum absolute atomic E-state index is 0.736. The van der Waals surface area contributed by atoms with Gasteiger partial charge < -0.3 is 18.9 Å². The molecule has 0 radical (unpaired) electrons. The molecule has 0 spiro atoms. The Morgan fingerprint density at radius 3 is 2.24 bits per heavy atom. The minimum atomic E-state index is 0.736. The summed E-state index contributed by atoms with van der Waals surface area (Å²) in [6, 6.07) is 10.8. The molecule has 0 atom stereocenters. The summed E-state index contributed by atoms with van der Waals surface area (Å²) < 4.78 is 26.1. The second-order valence-electron chi connectivity index (χ2n) is 10.0. The largest absolute Gasteiger partial charge is 0.493 e. The fourth-order valence-electron chi connectivity index (χ4n) is 5.56. The highest BCUT2D eigenvalue weighted by Gasteiger charge is 2.31. The Morgan fingerprint density at radius 2 is 1.51 bits per heavy atom. The van der Waals surface area contributed by atoms with Crippen LogP contribution in [0, 0.1) is 0 Å². The maximum absolute atomic E-state index is 6.23. The number of pyridine rings is 1. The van der Waals surface area contributed by atoms with Crippen LogP contribution in [0.25, 0.3) is 22.0 Å². The van der Waals surface area contributed by atoms with E-state index in [4.69, 9.17) is 18.9 Å². The van der Waals surface area contributed by atoms with Gasteiger partial charge in [0.2, 0.25) is 5.69 Å². The highest BCUT2D eigenvalue weighted by Crippen LogP contribution is 2.42. The predicted molar refractivity (Wildman–Crippen MR) is 150 cm³/mol. The van der Waals surface area contributed by atoms with Crippen LogP contribution in [0.4, 0.5) is 0 Å². The number of methoxy groups -OCH3 is 3. The Morgan fingerprint density at radius 1 is 0.757 bits per heavy atom. The van der Waals surface area contributed by atoms with E-state index in [9.17, 15) is 0 Å². The lowest BCUT2D eigenvalue weighted by atomic mass is 9.92. The third kappa shape index (κ3) is 5.81. The van der Waals surface area contributed by atoms with Crippen molar-refractivity contribution in [3.8, 4) is 34.3 Å². The number of benzene rings is 2. The summed E-state index contributed by atoms with van der Waals surface area (Å²) in [7, 11) is 5.17. The van der Waals surface area contributed by atoms with E-state index in [0.29, 0.717) is 0 Å². The van der Waals surface area contributed by atoms with Crippen LogP contribution in [0.5, 0.6) is 23.0 Å². The molecule has 2 aromatic carbocycles. The Kier molecular flexibility index (Phi) is 9.54. The smallest absolute Gasteiger partial charge is 0.213 e. The molecule has 0 aliphatic carbocycles. The molecule has 37 heavy (non-hydrogen) atoms. The molecule has 1 aliphatic heterocycles. The maximum atomic E-state index is 6.23. The van der Waals surface area contributed by atoms with E-state index in [1.807, 2.05) is 6.07 Å². The van der Waals surface area contributed by atoms with Crippen molar-refractivity contribution in [3.05, 3.63) is 41.6 Å². The van der Waals surface area contributed by atoms with Crippen molar-refractivity contribution >= 4 is 10.8 Å². The topological polar surface area (TPSA) is 40.8 Å². The van der Waals surface area contributed by atoms with Crippen molar-refractivity contribution in [1.82, 2.24) is 0 Å². The first kappa shape index (κ1) is 27.1. The summed E-state index contributed by atoms with van der Waals surface area (Å²) >= 11 is 0. The molecule has 1 aromatic heterocycles. The fourth-order valence-corrected chi connectivity index (χ4v) is 5.56. The van der Waals surface area contributed by atoms with Crippen LogP contribution < -0.4 is 23.5 Å². The zero-order valence-electron chi connectivity index (χ0n) is 23.5. The molecule has 5 nitrogen and oxygen atoms in total. The van der Waals surface area contributed by atoms with Crippen LogP contribution in [-0.2, 0) is 19.4 Å².